The Balaban J connectivity index is 2.52. The topological polar surface area (TPSA) is 98.5 Å². The van der Waals surface area contributed by atoms with Gasteiger partial charge < -0.3 is 9.64 Å². The zero-order chi connectivity index (χ0) is 20.0. The number of nitrogens with zero attached hydrogens (tertiary/aromatic N) is 4. The summed E-state index contributed by atoms with van der Waals surface area (Å²) in [6, 6.07) is 6.98. The van der Waals surface area contributed by atoms with Crippen molar-refractivity contribution in [3.63, 3.8) is 0 Å². The maximum absolute atomic E-state index is 12.4. The smallest absolute Gasteiger partial charge is 0.340 e. The fourth-order valence-electron chi connectivity index (χ4n) is 2.62. The maximum Gasteiger partial charge on any atom is 0.340 e. The predicted molar refractivity (Wildman–Crippen MR) is 102 cm³/mol. The van der Waals surface area contributed by atoms with Gasteiger partial charge in [-0.1, -0.05) is 19.1 Å². The highest BCUT2D eigenvalue weighted by Crippen LogP contribution is 2.28. The highest BCUT2D eigenvalue weighted by Gasteiger charge is 2.25. The van der Waals surface area contributed by atoms with Crippen molar-refractivity contribution in [2.75, 3.05) is 11.5 Å². The predicted octanol–water partition coefficient (Wildman–Crippen LogP) is 4.02. The number of carbonyl (C=O) groups excluding carboxylic acids is 1. The van der Waals surface area contributed by atoms with E-state index in [0.717, 1.165) is 12.6 Å². The molecule has 0 fully saturated rings. The first-order valence-corrected chi connectivity index (χ1v) is 8.95. The van der Waals surface area contributed by atoms with Gasteiger partial charge in [-0.05, 0) is 44.0 Å². The van der Waals surface area contributed by atoms with Crippen molar-refractivity contribution in [3.05, 3.63) is 57.1 Å². The van der Waals surface area contributed by atoms with Gasteiger partial charge in [-0.2, -0.15) is 0 Å². The molecule has 2 aromatic rings. The van der Waals surface area contributed by atoms with E-state index in [9.17, 15) is 14.9 Å². The molecule has 27 heavy (non-hydrogen) atoms. The van der Waals surface area contributed by atoms with Crippen molar-refractivity contribution in [2.24, 2.45) is 0 Å². The molecule has 144 valence electrons. The van der Waals surface area contributed by atoms with Crippen LogP contribution >= 0.6 is 11.6 Å². The van der Waals surface area contributed by atoms with Gasteiger partial charge in [0.1, 0.15) is 11.9 Å². The van der Waals surface area contributed by atoms with Crippen LogP contribution in [0.5, 0.6) is 0 Å². The Labute approximate surface area is 162 Å². The molecule has 0 saturated heterocycles. The lowest BCUT2D eigenvalue weighted by Crippen LogP contribution is -2.34. The Hall–Kier alpha value is -2.74. The van der Waals surface area contributed by atoms with Crippen LogP contribution in [0.4, 0.5) is 11.4 Å². The summed E-state index contributed by atoms with van der Waals surface area (Å²) in [6.45, 7) is 6.05. The molecule has 0 bridgehead atoms. The minimum Gasteiger partial charge on any atom is -0.462 e. The monoisotopic (exact) mass is 392 g/mol. The molecule has 1 atom stereocenters. The van der Waals surface area contributed by atoms with E-state index < -0.39 is 10.9 Å². The fraction of sp³-hybridized carbons (Fsp3) is 0.389. The summed E-state index contributed by atoms with van der Waals surface area (Å²) in [5, 5.41) is 11.3. The van der Waals surface area contributed by atoms with Crippen molar-refractivity contribution >= 4 is 28.9 Å². The minimum atomic E-state index is -0.544. The summed E-state index contributed by atoms with van der Waals surface area (Å²) >= 11 is 5.85. The number of benzene rings is 1. The van der Waals surface area contributed by atoms with Crippen molar-refractivity contribution in [2.45, 2.75) is 39.8 Å². The van der Waals surface area contributed by atoms with Gasteiger partial charge in [-0.3, -0.25) is 10.1 Å². The van der Waals surface area contributed by atoms with Crippen molar-refractivity contribution in [1.29, 1.82) is 0 Å². The highest BCUT2D eigenvalue weighted by molar-refractivity contribution is 6.28. The second-order valence-electron chi connectivity index (χ2n) is 5.85. The molecule has 0 amide bonds. The van der Waals surface area contributed by atoms with Gasteiger partial charge in [0.15, 0.2) is 0 Å². The number of para-hydroxylation sites is 1. The van der Waals surface area contributed by atoms with Crippen molar-refractivity contribution in [3.8, 4) is 0 Å². The van der Waals surface area contributed by atoms with Gasteiger partial charge >= 0.3 is 11.7 Å². The number of hydrogen-bond acceptors (Lipinski definition) is 7. The van der Waals surface area contributed by atoms with Gasteiger partial charge in [0.05, 0.1) is 29.3 Å². The molecular weight excluding hydrogens is 372 g/mol. The number of esters is 1. The van der Waals surface area contributed by atoms with E-state index in [-0.39, 0.29) is 35.9 Å². The molecule has 0 N–H and O–H groups in total. The number of nitro groups is 1. The van der Waals surface area contributed by atoms with E-state index >= 15 is 0 Å². The van der Waals surface area contributed by atoms with Crippen LogP contribution in [-0.4, -0.2) is 33.5 Å². The summed E-state index contributed by atoms with van der Waals surface area (Å²) < 4.78 is 5.14. The molecule has 1 aromatic heterocycles. The van der Waals surface area contributed by atoms with Crippen LogP contribution in [0, 0.1) is 10.1 Å². The molecule has 1 heterocycles. The van der Waals surface area contributed by atoms with Crippen LogP contribution in [0.25, 0.3) is 0 Å². The summed E-state index contributed by atoms with van der Waals surface area (Å²) in [5.41, 5.74) is 0.970. The SMILES string of the molecule is CCOC(=O)c1ccccc1N(Cc1nc(Cl)ncc1[N+](=O)[O-])C(C)CC. The molecule has 9 heteroatoms. The number of ether oxygens (including phenoxy) is 1. The number of halogens is 1. The van der Waals surface area contributed by atoms with Gasteiger partial charge in [-0.25, -0.2) is 14.8 Å². The standard InChI is InChI=1S/C18H21ClN4O4/c1-4-12(3)22(11-14-16(23(25)26)10-20-18(19)21-14)15-9-7-6-8-13(15)17(24)27-5-2/h6-10,12H,4-5,11H2,1-3H3. The fourth-order valence-corrected chi connectivity index (χ4v) is 2.77. The Bertz CT molecular complexity index is 831. The Kier molecular flexibility index (Phi) is 7.06. The molecule has 2 rings (SSSR count). The molecule has 0 aliphatic rings. The Morgan fingerprint density at radius 3 is 2.70 bits per heavy atom. The van der Waals surface area contributed by atoms with Gasteiger partial charge in [0.25, 0.3) is 0 Å². The largest absolute Gasteiger partial charge is 0.462 e. The molecule has 1 unspecified atom stereocenters. The van der Waals surface area contributed by atoms with Crippen molar-refractivity contribution in [1.82, 2.24) is 9.97 Å². The van der Waals surface area contributed by atoms with E-state index in [0.29, 0.717) is 11.3 Å². The van der Waals surface area contributed by atoms with Crippen LogP contribution in [0.3, 0.4) is 0 Å². The molecule has 1 aromatic carbocycles. The van der Waals surface area contributed by atoms with Crippen LogP contribution in [0.1, 0.15) is 43.2 Å². The van der Waals surface area contributed by atoms with E-state index in [4.69, 9.17) is 16.3 Å². The molecular formula is C18H21ClN4O4. The van der Waals surface area contributed by atoms with Crippen LogP contribution in [0.15, 0.2) is 30.5 Å². The third kappa shape index (κ3) is 4.91. The molecule has 0 aliphatic heterocycles. The first-order valence-electron chi connectivity index (χ1n) is 8.57. The van der Waals surface area contributed by atoms with Crippen molar-refractivity contribution < 1.29 is 14.5 Å². The lowest BCUT2D eigenvalue weighted by atomic mass is 10.1. The van der Waals surface area contributed by atoms with Gasteiger partial charge in [-0.15, -0.1) is 0 Å². The average molecular weight is 393 g/mol. The van der Waals surface area contributed by atoms with E-state index in [1.54, 1.807) is 31.2 Å². The molecule has 0 aliphatic carbocycles. The third-order valence-electron chi connectivity index (χ3n) is 4.16. The lowest BCUT2D eigenvalue weighted by molar-refractivity contribution is -0.386. The number of aromatic nitrogens is 2. The molecule has 0 spiro atoms. The quantitative estimate of drug-likeness (QED) is 0.289. The number of anilines is 1. The van der Waals surface area contributed by atoms with E-state index in [2.05, 4.69) is 9.97 Å². The number of rotatable bonds is 8. The molecule has 0 radical (unpaired) electrons. The van der Waals surface area contributed by atoms with E-state index in [1.807, 2.05) is 18.7 Å². The Morgan fingerprint density at radius 1 is 1.37 bits per heavy atom. The summed E-state index contributed by atoms with van der Waals surface area (Å²) in [4.78, 5) is 32.8. The second-order valence-corrected chi connectivity index (χ2v) is 6.19. The van der Waals surface area contributed by atoms with Crippen LogP contribution in [-0.2, 0) is 11.3 Å². The zero-order valence-electron chi connectivity index (χ0n) is 15.4. The lowest BCUT2D eigenvalue weighted by Gasteiger charge is -2.31. The summed E-state index contributed by atoms with van der Waals surface area (Å²) in [7, 11) is 0. The van der Waals surface area contributed by atoms with Crippen LogP contribution < -0.4 is 4.90 Å². The average Bonchev–Trinajstić information content (AvgIpc) is 2.65. The van der Waals surface area contributed by atoms with E-state index in [1.165, 1.54) is 0 Å². The van der Waals surface area contributed by atoms with Gasteiger partial charge in [0, 0.05) is 6.04 Å². The number of carbonyl (C=O) groups is 1. The molecule has 0 saturated carbocycles. The Morgan fingerprint density at radius 2 is 2.07 bits per heavy atom. The highest BCUT2D eigenvalue weighted by atomic mass is 35.5. The summed E-state index contributed by atoms with van der Waals surface area (Å²) in [5.74, 6) is -0.448. The first kappa shape index (κ1) is 20.6. The number of hydrogen-bond donors (Lipinski definition) is 0. The normalized spacial score (nSPS) is 11.7. The third-order valence-corrected chi connectivity index (χ3v) is 4.35. The second kappa shape index (κ2) is 9.27. The minimum absolute atomic E-state index is 0.0195. The maximum atomic E-state index is 12.4. The summed E-state index contributed by atoms with van der Waals surface area (Å²) in [6.07, 6.45) is 1.85. The van der Waals surface area contributed by atoms with Crippen LogP contribution in [0.2, 0.25) is 5.28 Å². The zero-order valence-corrected chi connectivity index (χ0v) is 16.1. The first-order chi connectivity index (χ1) is 12.9. The van der Waals surface area contributed by atoms with Gasteiger partial charge in [0.2, 0.25) is 5.28 Å². The molecule has 8 nitrogen and oxygen atoms in total.